The Morgan fingerprint density at radius 3 is 2.42 bits per heavy atom. The standard InChI is InChI=1S/C6H11NO5/c8-1-2(9)3-4(10)5(11)6(12)7-3/h2-5,8-11H,1H2,(H,7,12)/t2-,3-,4-,5+/m0/s1. The maximum absolute atomic E-state index is 10.7. The van der Waals surface area contributed by atoms with E-state index in [1.165, 1.54) is 0 Å². The Kier molecular flexibility index (Phi) is 2.63. The highest BCUT2D eigenvalue weighted by Gasteiger charge is 2.43. The van der Waals surface area contributed by atoms with Gasteiger partial charge in [-0.05, 0) is 0 Å². The van der Waals surface area contributed by atoms with Gasteiger partial charge in [0.05, 0.1) is 18.8 Å². The molecule has 0 aromatic rings. The second-order valence-corrected chi connectivity index (χ2v) is 2.72. The van der Waals surface area contributed by atoms with Crippen LogP contribution in [-0.2, 0) is 4.79 Å². The summed E-state index contributed by atoms with van der Waals surface area (Å²) < 4.78 is 0. The first-order valence-electron chi connectivity index (χ1n) is 3.53. The Morgan fingerprint density at radius 2 is 2.08 bits per heavy atom. The van der Waals surface area contributed by atoms with E-state index in [9.17, 15) is 4.79 Å². The smallest absolute Gasteiger partial charge is 0.252 e. The summed E-state index contributed by atoms with van der Waals surface area (Å²) in [6, 6.07) is -0.988. The Bertz CT molecular complexity index is 185. The minimum Gasteiger partial charge on any atom is -0.394 e. The molecule has 0 aliphatic carbocycles. The Morgan fingerprint density at radius 1 is 1.50 bits per heavy atom. The van der Waals surface area contributed by atoms with Crippen molar-refractivity contribution < 1.29 is 25.2 Å². The average molecular weight is 177 g/mol. The molecule has 0 aromatic heterocycles. The fourth-order valence-electron chi connectivity index (χ4n) is 1.12. The van der Waals surface area contributed by atoms with E-state index in [2.05, 4.69) is 5.32 Å². The fraction of sp³-hybridized carbons (Fsp3) is 0.833. The Labute approximate surface area is 68.4 Å². The van der Waals surface area contributed by atoms with Crippen LogP contribution in [-0.4, -0.2) is 57.3 Å². The minimum absolute atomic E-state index is 0.575. The first-order chi connectivity index (χ1) is 5.57. The summed E-state index contributed by atoms with van der Waals surface area (Å²) >= 11 is 0. The summed E-state index contributed by atoms with van der Waals surface area (Å²) in [5.74, 6) is -0.736. The lowest BCUT2D eigenvalue weighted by atomic mass is 10.1. The maximum Gasteiger partial charge on any atom is 0.252 e. The van der Waals surface area contributed by atoms with Gasteiger partial charge in [0.25, 0.3) is 5.91 Å². The molecule has 5 N–H and O–H groups in total. The first-order valence-corrected chi connectivity index (χ1v) is 3.53. The van der Waals surface area contributed by atoms with Gasteiger partial charge in [-0.25, -0.2) is 0 Å². The van der Waals surface area contributed by atoms with Crippen molar-refractivity contribution in [3.05, 3.63) is 0 Å². The number of aliphatic hydroxyl groups is 4. The molecule has 1 saturated heterocycles. The monoisotopic (exact) mass is 177 g/mol. The summed E-state index contributed by atoms with van der Waals surface area (Å²) in [6.07, 6.45) is -4.13. The van der Waals surface area contributed by atoms with Crippen molar-refractivity contribution in [2.75, 3.05) is 6.61 Å². The predicted molar refractivity (Wildman–Crippen MR) is 37.0 cm³/mol. The molecule has 0 radical (unpaired) electrons. The van der Waals surface area contributed by atoms with Crippen LogP contribution < -0.4 is 5.32 Å². The van der Waals surface area contributed by atoms with Gasteiger partial charge in [-0.2, -0.15) is 0 Å². The largest absolute Gasteiger partial charge is 0.394 e. The molecular formula is C6H11NO5. The summed E-state index contributed by atoms with van der Waals surface area (Å²) in [4.78, 5) is 10.7. The highest BCUT2D eigenvalue weighted by Crippen LogP contribution is 2.12. The Hall–Kier alpha value is -0.690. The van der Waals surface area contributed by atoms with Crippen LogP contribution in [0.4, 0.5) is 0 Å². The van der Waals surface area contributed by atoms with Crippen molar-refractivity contribution in [1.82, 2.24) is 5.32 Å². The molecule has 1 aliphatic heterocycles. The fourth-order valence-corrected chi connectivity index (χ4v) is 1.12. The third kappa shape index (κ3) is 1.42. The molecule has 1 aliphatic rings. The molecule has 0 aromatic carbocycles. The van der Waals surface area contributed by atoms with E-state index in [1.54, 1.807) is 0 Å². The van der Waals surface area contributed by atoms with Gasteiger partial charge in [0.1, 0.15) is 6.10 Å². The van der Waals surface area contributed by atoms with Gasteiger partial charge < -0.3 is 25.7 Å². The molecule has 70 valence electrons. The van der Waals surface area contributed by atoms with E-state index in [1.807, 2.05) is 0 Å². The molecule has 0 unspecified atom stereocenters. The normalized spacial score (nSPS) is 38.0. The molecule has 4 atom stereocenters. The van der Waals surface area contributed by atoms with Crippen molar-refractivity contribution in [3.63, 3.8) is 0 Å². The third-order valence-electron chi connectivity index (χ3n) is 1.87. The van der Waals surface area contributed by atoms with Gasteiger partial charge in [-0.3, -0.25) is 4.79 Å². The van der Waals surface area contributed by atoms with E-state index >= 15 is 0 Å². The maximum atomic E-state index is 10.7. The van der Waals surface area contributed by atoms with E-state index in [0.29, 0.717) is 0 Å². The molecule has 1 amide bonds. The summed E-state index contributed by atoms with van der Waals surface area (Å²) in [6.45, 7) is -0.575. The topological polar surface area (TPSA) is 110 Å². The molecule has 0 bridgehead atoms. The van der Waals surface area contributed by atoms with Gasteiger partial charge in [0.15, 0.2) is 6.10 Å². The number of nitrogens with one attached hydrogen (secondary N) is 1. The number of aliphatic hydroxyl groups excluding tert-OH is 4. The van der Waals surface area contributed by atoms with Crippen molar-refractivity contribution in [2.45, 2.75) is 24.4 Å². The van der Waals surface area contributed by atoms with Gasteiger partial charge in [0.2, 0.25) is 0 Å². The predicted octanol–water partition coefficient (Wildman–Crippen LogP) is -3.44. The molecule has 6 nitrogen and oxygen atoms in total. The van der Waals surface area contributed by atoms with Crippen molar-refractivity contribution in [2.24, 2.45) is 0 Å². The SMILES string of the molecule is O=C1N[C@@H]([C@@H](O)CO)[C@H](O)[C@H]1O. The van der Waals surface area contributed by atoms with E-state index in [-0.39, 0.29) is 0 Å². The highest BCUT2D eigenvalue weighted by atomic mass is 16.4. The zero-order valence-corrected chi connectivity index (χ0v) is 6.21. The average Bonchev–Trinajstić information content (AvgIpc) is 2.32. The molecule has 0 saturated carbocycles. The van der Waals surface area contributed by atoms with Gasteiger partial charge in [0, 0.05) is 0 Å². The quantitative estimate of drug-likeness (QED) is 0.301. The second kappa shape index (κ2) is 3.36. The number of carbonyl (C=O) groups is 1. The second-order valence-electron chi connectivity index (χ2n) is 2.72. The molecule has 1 heterocycles. The van der Waals surface area contributed by atoms with Gasteiger partial charge in [-0.1, -0.05) is 0 Å². The zero-order valence-electron chi connectivity index (χ0n) is 6.21. The third-order valence-corrected chi connectivity index (χ3v) is 1.87. The van der Waals surface area contributed by atoms with Crippen LogP contribution in [0.15, 0.2) is 0 Å². The molecule has 6 heteroatoms. The van der Waals surface area contributed by atoms with Crippen LogP contribution in [0.25, 0.3) is 0 Å². The van der Waals surface area contributed by atoms with Crippen molar-refractivity contribution in [1.29, 1.82) is 0 Å². The summed E-state index contributed by atoms with van der Waals surface area (Å²) in [7, 11) is 0. The first kappa shape index (κ1) is 9.40. The number of rotatable bonds is 2. The molecule has 0 spiro atoms. The Balaban J connectivity index is 2.64. The highest BCUT2D eigenvalue weighted by molar-refractivity contribution is 5.84. The van der Waals surface area contributed by atoms with Crippen LogP contribution in [0.2, 0.25) is 0 Å². The molecule has 1 fully saturated rings. The van der Waals surface area contributed by atoms with E-state index in [0.717, 1.165) is 0 Å². The summed E-state index contributed by atoms with van der Waals surface area (Å²) in [5.41, 5.74) is 0. The minimum atomic E-state index is -1.52. The lowest BCUT2D eigenvalue weighted by molar-refractivity contribution is -0.128. The zero-order chi connectivity index (χ0) is 9.30. The van der Waals surface area contributed by atoms with Gasteiger partial charge >= 0.3 is 0 Å². The van der Waals surface area contributed by atoms with Crippen LogP contribution in [0.5, 0.6) is 0 Å². The lowest BCUT2D eigenvalue weighted by Crippen LogP contribution is -2.45. The van der Waals surface area contributed by atoms with Gasteiger partial charge in [-0.15, -0.1) is 0 Å². The summed E-state index contributed by atoms with van der Waals surface area (Å²) in [5, 5.41) is 37.7. The van der Waals surface area contributed by atoms with Crippen molar-refractivity contribution >= 4 is 5.91 Å². The van der Waals surface area contributed by atoms with Crippen LogP contribution in [0.3, 0.4) is 0 Å². The molecule has 1 rings (SSSR count). The van der Waals surface area contributed by atoms with Crippen LogP contribution >= 0.6 is 0 Å². The van der Waals surface area contributed by atoms with Crippen molar-refractivity contribution in [3.8, 4) is 0 Å². The van der Waals surface area contributed by atoms with Crippen LogP contribution in [0, 0.1) is 0 Å². The van der Waals surface area contributed by atoms with E-state index in [4.69, 9.17) is 20.4 Å². The number of hydrogen-bond acceptors (Lipinski definition) is 5. The number of hydrogen-bond donors (Lipinski definition) is 5. The molecular weight excluding hydrogens is 166 g/mol. The lowest BCUT2D eigenvalue weighted by Gasteiger charge is -2.18. The van der Waals surface area contributed by atoms with Crippen LogP contribution in [0.1, 0.15) is 0 Å². The number of amides is 1. The molecule has 12 heavy (non-hydrogen) atoms. The number of carbonyl (C=O) groups excluding carboxylic acids is 1. The van der Waals surface area contributed by atoms with E-state index < -0.39 is 36.9 Å².